The molecule has 0 spiro atoms. The van der Waals surface area contributed by atoms with E-state index < -0.39 is 9.85 Å². The van der Waals surface area contributed by atoms with Crippen molar-refractivity contribution in [3.63, 3.8) is 0 Å². The van der Waals surface area contributed by atoms with Gasteiger partial charge in [-0.1, -0.05) is 24.3 Å². The van der Waals surface area contributed by atoms with Crippen LogP contribution in [0.4, 0.5) is 11.4 Å². The molecule has 0 saturated carbocycles. The lowest BCUT2D eigenvalue weighted by Gasteiger charge is -2.08. The molecule has 0 radical (unpaired) electrons. The van der Waals surface area contributed by atoms with Gasteiger partial charge in [-0.05, 0) is 60.7 Å². The van der Waals surface area contributed by atoms with E-state index in [0.717, 1.165) is 0 Å². The molecule has 0 aliphatic carbocycles. The standard InChI is InChI=1S/C25H16N2O7/c28-25(17-9-13-19(14-10-17)33-23-7-3-1-5-21(23)26(29)30)18-11-15-20(16-12-18)34-24-8-4-2-6-22(24)27(31)32/h1-16H. The summed E-state index contributed by atoms with van der Waals surface area (Å²) in [5, 5.41) is 22.3. The van der Waals surface area contributed by atoms with Crippen molar-refractivity contribution in [2.45, 2.75) is 0 Å². The second-order valence-corrected chi connectivity index (χ2v) is 7.03. The number of hydrogen-bond acceptors (Lipinski definition) is 7. The van der Waals surface area contributed by atoms with Gasteiger partial charge in [-0.3, -0.25) is 25.0 Å². The van der Waals surface area contributed by atoms with E-state index in [1.165, 1.54) is 24.3 Å². The fourth-order valence-electron chi connectivity index (χ4n) is 3.16. The number of nitro benzene ring substituents is 2. The minimum absolute atomic E-state index is 0.0980. The molecule has 0 aliphatic rings. The maximum Gasteiger partial charge on any atom is 0.311 e. The van der Waals surface area contributed by atoms with Crippen LogP contribution in [-0.4, -0.2) is 15.6 Å². The largest absolute Gasteiger partial charge is 0.450 e. The van der Waals surface area contributed by atoms with E-state index >= 15 is 0 Å². The molecule has 0 bridgehead atoms. The Kier molecular flexibility index (Phi) is 6.26. The fourth-order valence-corrected chi connectivity index (χ4v) is 3.16. The first-order valence-corrected chi connectivity index (χ1v) is 10.00. The number of ether oxygens (including phenoxy) is 2. The van der Waals surface area contributed by atoms with Crippen LogP contribution in [0.1, 0.15) is 15.9 Å². The summed E-state index contributed by atoms with van der Waals surface area (Å²) in [5.74, 6) is 0.634. The van der Waals surface area contributed by atoms with Gasteiger partial charge in [-0.15, -0.1) is 0 Å². The third-order valence-electron chi connectivity index (χ3n) is 4.81. The van der Waals surface area contributed by atoms with Gasteiger partial charge < -0.3 is 9.47 Å². The molecule has 4 aromatic rings. The van der Waals surface area contributed by atoms with Gasteiger partial charge in [0.2, 0.25) is 11.5 Å². The summed E-state index contributed by atoms with van der Waals surface area (Å²) in [5.41, 5.74) is 0.459. The quantitative estimate of drug-likeness (QED) is 0.173. The van der Waals surface area contributed by atoms with Gasteiger partial charge in [-0.25, -0.2) is 0 Å². The molecule has 0 atom stereocenters. The average Bonchev–Trinajstić information content (AvgIpc) is 2.85. The van der Waals surface area contributed by atoms with Crippen molar-refractivity contribution in [2.75, 3.05) is 0 Å². The van der Waals surface area contributed by atoms with Gasteiger partial charge in [-0.2, -0.15) is 0 Å². The van der Waals surface area contributed by atoms with Crippen molar-refractivity contribution in [1.82, 2.24) is 0 Å². The lowest BCUT2D eigenvalue weighted by Crippen LogP contribution is -2.01. The van der Waals surface area contributed by atoms with E-state index in [4.69, 9.17) is 9.47 Å². The number of para-hydroxylation sites is 4. The van der Waals surface area contributed by atoms with Gasteiger partial charge in [0, 0.05) is 23.3 Å². The Morgan fingerprint density at radius 2 is 0.912 bits per heavy atom. The average molecular weight is 456 g/mol. The fraction of sp³-hybridized carbons (Fsp3) is 0. The highest BCUT2D eigenvalue weighted by Crippen LogP contribution is 2.32. The molecule has 0 aromatic heterocycles. The van der Waals surface area contributed by atoms with Gasteiger partial charge in [0.05, 0.1) is 9.85 Å². The molecule has 0 amide bonds. The van der Waals surface area contributed by atoms with Gasteiger partial charge in [0.1, 0.15) is 11.5 Å². The normalized spacial score (nSPS) is 10.4. The van der Waals surface area contributed by atoms with Crippen LogP contribution >= 0.6 is 0 Å². The molecule has 168 valence electrons. The molecule has 0 aliphatic heterocycles. The molecule has 0 saturated heterocycles. The zero-order valence-electron chi connectivity index (χ0n) is 17.5. The van der Waals surface area contributed by atoms with E-state index in [2.05, 4.69) is 0 Å². The highest BCUT2D eigenvalue weighted by atomic mass is 16.6. The predicted octanol–water partition coefficient (Wildman–Crippen LogP) is 6.32. The third-order valence-corrected chi connectivity index (χ3v) is 4.81. The zero-order chi connectivity index (χ0) is 24.1. The van der Waals surface area contributed by atoms with Crippen molar-refractivity contribution in [3.8, 4) is 23.0 Å². The van der Waals surface area contributed by atoms with Crippen LogP contribution < -0.4 is 9.47 Å². The Bertz CT molecular complexity index is 1260. The van der Waals surface area contributed by atoms with Crippen LogP contribution in [0, 0.1) is 20.2 Å². The van der Waals surface area contributed by atoms with Crippen LogP contribution in [0.3, 0.4) is 0 Å². The number of ketones is 1. The maximum absolute atomic E-state index is 12.8. The number of nitro groups is 2. The number of carbonyl (C=O) groups is 1. The Balaban J connectivity index is 1.46. The monoisotopic (exact) mass is 456 g/mol. The lowest BCUT2D eigenvalue weighted by molar-refractivity contribution is -0.385. The Morgan fingerprint density at radius 1 is 0.559 bits per heavy atom. The molecule has 9 heteroatoms. The van der Waals surface area contributed by atoms with E-state index in [1.54, 1.807) is 72.8 Å². The maximum atomic E-state index is 12.8. The highest BCUT2D eigenvalue weighted by Gasteiger charge is 2.16. The molecule has 4 rings (SSSR count). The predicted molar refractivity (Wildman–Crippen MR) is 123 cm³/mol. The number of benzene rings is 4. The number of hydrogen-bond donors (Lipinski definition) is 0. The van der Waals surface area contributed by atoms with Crippen molar-refractivity contribution < 1.29 is 24.1 Å². The summed E-state index contributed by atoms with van der Waals surface area (Å²) in [4.78, 5) is 34.0. The molecule has 0 fully saturated rings. The molecule has 9 nitrogen and oxygen atoms in total. The molecular formula is C25H16N2O7. The van der Waals surface area contributed by atoms with Crippen molar-refractivity contribution >= 4 is 17.2 Å². The van der Waals surface area contributed by atoms with E-state index in [9.17, 15) is 25.0 Å². The van der Waals surface area contributed by atoms with Gasteiger partial charge in [0.25, 0.3) is 0 Å². The van der Waals surface area contributed by atoms with Crippen LogP contribution in [0.15, 0.2) is 97.1 Å². The van der Waals surface area contributed by atoms with E-state index in [0.29, 0.717) is 22.6 Å². The highest BCUT2D eigenvalue weighted by molar-refractivity contribution is 6.09. The summed E-state index contributed by atoms with van der Waals surface area (Å²) < 4.78 is 11.2. The molecule has 34 heavy (non-hydrogen) atoms. The first kappa shape index (κ1) is 22.2. The third kappa shape index (κ3) is 4.89. The molecule has 0 heterocycles. The van der Waals surface area contributed by atoms with Crippen molar-refractivity contribution in [2.24, 2.45) is 0 Å². The minimum atomic E-state index is -0.531. The second-order valence-electron chi connectivity index (χ2n) is 7.03. The molecule has 4 aromatic carbocycles. The second kappa shape index (κ2) is 9.61. The van der Waals surface area contributed by atoms with Gasteiger partial charge in [0.15, 0.2) is 5.78 Å². The number of nitrogens with zero attached hydrogens (tertiary/aromatic N) is 2. The summed E-state index contributed by atoms with van der Waals surface area (Å²) in [7, 11) is 0. The van der Waals surface area contributed by atoms with Crippen molar-refractivity contribution in [1.29, 1.82) is 0 Å². The summed E-state index contributed by atoms with van der Waals surface area (Å²) >= 11 is 0. The minimum Gasteiger partial charge on any atom is -0.450 e. The molecular weight excluding hydrogens is 440 g/mol. The summed E-state index contributed by atoms with van der Waals surface area (Å²) in [6.45, 7) is 0. The molecule has 0 N–H and O–H groups in total. The molecule has 0 unspecified atom stereocenters. The smallest absolute Gasteiger partial charge is 0.311 e. The van der Waals surface area contributed by atoms with E-state index in [1.807, 2.05) is 0 Å². The van der Waals surface area contributed by atoms with Crippen molar-refractivity contribution in [3.05, 3.63) is 128 Å². The van der Waals surface area contributed by atoms with Crippen LogP contribution in [0.5, 0.6) is 23.0 Å². The Labute approximate surface area is 193 Å². The summed E-state index contributed by atoms with van der Waals surface area (Å²) in [6.07, 6.45) is 0. The Morgan fingerprint density at radius 3 is 1.26 bits per heavy atom. The first-order valence-electron chi connectivity index (χ1n) is 10.00. The number of carbonyl (C=O) groups excluding carboxylic acids is 1. The topological polar surface area (TPSA) is 122 Å². The van der Waals surface area contributed by atoms with Crippen LogP contribution in [0.2, 0.25) is 0 Å². The van der Waals surface area contributed by atoms with Crippen LogP contribution in [0.25, 0.3) is 0 Å². The Hall–Kier alpha value is -5.05. The van der Waals surface area contributed by atoms with E-state index in [-0.39, 0.29) is 28.7 Å². The van der Waals surface area contributed by atoms with Gasteiger partial charge >= 0.3 is 11.4 Å². The summed E-state index contributed by atoms with van der Waals surface area (Å²) in [6, 6.07) is 24.5. The first-order chi connectivity index (χ1) is 16.4. The lowest BCUT2D eigenvalue weighted by atomic mass is 10.0. The zero-order valence-corrected chi connectivity index (χ0v) is 17.5. The SMILES string of the molecule is O=C(c1ccc(Oc2ccccc2[N+](=O)[O-])cc1)c1ccc(Oc2ccccc2[N+](=O)[O-])cc1. The number of rotatable bonds is 8. The van der Waals surface area contributed by atoms with Crippen LogP contribution in [-0.2, 0) is 0 Å².